The smallest absolute Gasteiger partial charge is 0.119 e. The second kappa shape index (κ2) is 6.00. The number of hydrogen-bond donors (Lipinski definition) is 2. The lowest BCUT2D eigenvalue weighted by molar-refractivity contribution is 0.451. The lowest BCUT2D eigenvalue weighted by Crippen LogP contribution is -1.97. The first kappa shape index (κ1) is 14.4. The molecule has 2 nitrogen and oxygen atoms in total. The number of rotatable bonds is 4. The average Bonchev–Trinajstić information content (AvgIpc) is 2.44. The highest BCUT2D eigenvalue weighted by atomic mass is 16.3. The molecule has 0 unspecified atom stereocenters. The molecular formula is C18H22O2. The summed E-state index contributed by atoms with van der Waals surface area (Å²) >= 11 is 0. The molecule has 0 heterocycles. The van der Waals surface area contributed by atoms with Gasteiger partial charge in [-0.3, -0.25) is 0 Å². The second-order valence-electron chi connectivity index (χ2n) is 5.08. The molecule has 2 aromatic carbocycles. The Morgan fingerprint density at radius 1 is 0.650 bits per heavy atom. The lowest BCUT2D eigenvalue weighted by Gasteiger charge is -2.15. The molecule has 0 spiro atoms. The van der Waals surface area contributed by atoms with Gasteiger partial charge in [0.15, 0.2) is 0 Å². The largest absolute Gasteiger partial charge is 0.508 e. The number of hydrogen-bond acceptors (Lipinski definition) is 2. The summed E-state index contributed by atoms with van der Waals surface area (Å²) in [5.74, 6) is 0.194. The van der Waals surface area contributed by atoms with Gasteiger partial charge in [0.05, 0.1) is 0 Å². The minimum atomic E-state index is 0.0969. The number of aromatic hydroxyl groups is 2. The molecule has 0 saturated carbocycles. The molecule has 0 atom stereocenters. The highest BCUT2D eigenvalue weighted by molar-refractivity contribution is 5.71. The van der Waals surface area contributed by atoms with Gasteiger partial charge < -0.3 is 10.2 Å². The summed E-state index contributed by atoms with van der Waals surface area (Å²) in [5.41, 5.74) is 5.95. The van der Waals surface area contributed by atoms with E-state index in [2.05, 4.69) is 32.9 Å². The molecule has 0 aromatic heterocycles. The summed E-state index contributed by atoms with van der Waals surface area (Å²) in [6, 6.07) is 9.23. The highest BCUT2D eigenvalue weighted by Gasteiger charge is 2.10. The van der Waals surface area contributed by atoms with Crippen molar-refractivity contribution in [3.63, 3.8) is 0 Å². The van der Waals surface area contributed by atoms with Crippen LogP contribution >= 0.6 is 0 Å². The van der Waals surface area contributed by atoms with Gasteiger partial charge in [-0.05, 0) is 59.2 Å². The molecule has 0 aliphatic rings. The Labute approximate surface area is 120 Å². The fourth-order valence-corrected chi connectivity index (χ4v) is 2.71. The van der Waals surface area contributed by atoms with Crippen molar-refractivity contribution < 1.29 is 10.2 Å². The maximum absolute atomic E-state index is 9.69. The fourth-order valence-electron chi connectivity index (χ4n) is 2.71. The van der Waals surface area contributed by atoms with Crippen LogP contribution in [0.4, 0.5) is 0 Å². The first-order valence-corrected chi connectivity index (χ1v) is 7.27. The Morgan fingerprint density at radius 2 is 1.15 bits per heavy atom. The van der Waals surface area contributed by atoms with E-state index >= 15 is 0 Å². The van der Waals surface area contributed by atoms with E-state index in [9.17, 15) is 10.2 Å². The molecule has 2 N–H and O–H groups in total. The van der Waals surface area contributed by atoms with Crippen molar-refractivity contribution in [2.75, 3.05) is 0 Å². The van der Waals surface area contributed by atoms with E-state index in [1.165, 1.54) is 22.8 Å². The van der Waals surface area contributed by atoms with E-state index in [1.807, 2.05) is 0 Å². The van der Waals surface area contributed by atoms with Crippen molar-refractivity contribution in [1.29, 1.82) is 0 Å². The van der Waals surface area contributed by atoms with E-state index in [4.69, 9.17) is 0 Å². The van der Waals surface area contributed by atoms with Gasteiger partial charge in [0.25, 0.3) is 0 Å². The van der Waals surface area contributed by atoms with Crippen LogP contribution in [0.1, 0.15) is 37.5 Å². The Bertz CT molecular complexity index is 595. The van der Waals surface area contributed by atoms with Crippen LogP contribution in [0.2, 0.25) is 0 Å². The van der Waals surface area contributed by atoms with Crippen molar-refractivity contribution in [3.05, 3.63) is 47.0 Å². The van der Waals surface area contributed by atoms with Crippen LogP contribution in [0, 0.1) is 0 Å². The summed E-state index contributed by atoms with van der Waals surface area (Å²) < 4.78 is 0. The molecule has 0 aliphatic carbocycles. The monoisotopic (exact) mass is 270 g/mol. The molecule has 0 fully saturated rings. The predicted octanol–water partition coefficient (Wildman–Crippen LogP) is 4.45. The topological polar surface area (TPSA) is 40.5 Å². The van der Waals surface area contributed by atoms with Gasteiger partial charge in [-0.25, -0.2) is 0 Å². The zero-order valence-electron chi connectivity index (χ0n) is 12.4. The number of benzene rings is 2. The summed E-state index contributed by atoms with van der Waals surface area (Å²) in [7, 11) is 0. The Kier molecular flexibility index (Phi) is 4.33. The summed E-state index contributed by atoms with van der Waals surface area (Å²) in [5, 5.41) is 19.4. The number of aryl methyl sites for hydroxylation is 3. The van der Waals surface area contributed by atoms with E-state index in [0.717, 1.165) is 30.4 Å². The highest BCUT2D eigenvalue weighted by Crippen LogP contribution is 2.33. The lowest BCUT2D eigenvalue weighted by atomic mass is 9.90. The van der Waals surface area contributed by atoms with E-state index < -0.39 is 0 Å². The SMILES string of the molecule is CCc1cc(CC)c(-c2cc(O)cc(O)c2)cc1CC. The molecule has 106 valence electrons. The molecule has 0 radical (unpaired) electrons. The molecule has 2 heteroatoms. The Hall–Kier alpha value is -1.96. The van der Waals surface area contributed by atoms with Gasteiger partial charge in [-0.15, -0.1) is 0 Å². The third kappa shape index (κ3) is 2.79. The zero-order chi connectivity index (χ0) is 14.7. The van der Waals surface area contributed by atoms with Gasteiger partial charge in [0.2, 0.25) is 0 Å². The van der Waals surface area contributed by atoms with Crippen molar-refractivity contribution in [2.24, 2.45) is 0 Å². The average molecular weight is 270 g/mol. The van der Waals surface area contributed by atoms with Crippen molar-refractivity contribution >= 4 is 0 Å². The van der Waals surface area contributed by atoms with Gasteiger partial charge in [0, 0.05) is 6.07 Å². The molecule has 2 rings (SSSR count). The number of phenolic OH excluding ortho intramolecular Hbond substituents is 2. The van der Waals surface area contributed by atoms with Crippen LogP contribution in [0.15, 0.2) is 30.3 Å². The van der Waals surface area contributed by atoms with Gasteiger partial charge in [-0.1, -0.05) is 32.9 Å². The van der Waals surface area contributed by atoms with Crippen molar-refractivity contribution in [1.82, 2.24) is 0 Å². The minimum Gasteiger partial charge on any atom is -0.508 e. The van der Waals surface area contributed by atoms with Crippen LogP contribution in [0.5, 0.6) is 11.5 Å². The van der Waals surface area contributed by atoms with E-state index in [1.54, 1.807) is 12.1 Å². The maximum Gasteiger partial charge on any atom is 0.119 e. The van der Waals surface area contributed by atoms with Crippen molar-refractivity contribution in [2.45, 2.75) is 40.0 Å². The molecule has 2 aromatic rings. The van der Waals surface area contributed by atoms with Crippen LogP contribution < -0.4 is 0 Å². The molecule has 20 heavy (non-hydrogen) atoms. The minimum absolute atomic E-state index is 0.0969. The summed E-state index contributed by atoms with van der Waals surface area (Å²) in [4.78, 5) is 0. The normalized spacial score (nSPS) is 10.8. The summed E-state index contributed by atoms with van der Waals surface area (Å²) in [6.07, 6.45) is 2.95. The van der Waals surface area contributed by atoms with Crippen LogP contribution in [-0.4, -0.2) is 10.2 Å². The molecule has 0 amide bonds. The van der Waals surface area contributed by atoms with Crippen LogP contribution in [-0.2, 0) is 19.3 Å². The standard InChI is InChI=1S/C18H22O2/c1-4-12-7-14(6-3)18(10-13(12)5-2)15-8-16(19)11-17(20)9-15/h7-11,19-20H,4-6H2,1-3H3. The second-order valence-corrected chi connectivity index (χ2v) is 5.08. The predicted molar refractivity (Wildman–Crippen MR) is 83.3 cm³/mol. The first-order chi connectivity index (χ1) is 9.58. The van der Waals surface area contributed by atoms with Gasteiger partial charge >= 0.3 is 0 Å². The van der Waals surface area contributed by atoms with Gasteiger partial charge in [-0.2, -0.15) is 0 Å². The van der Waals surface area contributed by atoms with E-state index in [0.29, 0.717) is 0 Å². The zero-order valence-corrected chi connectivity index (χ0v) is 12.4. The molecular weight excluding hydrogens is 248 g/mol. The quantitative estimate of drug-likeness (QED) is 0.861. The Balaban J connectivity index is 2.65. The molecule has 0 aliphatic heterocycles. The molecule has 0 bridgehead atoms. The first-order valence-electron chi connectivity index (χ1n) is 7.27. The third-order valence-corrected chi connectivity index (χ3v) is 3.78. The van der Waals surface area contributed by atoms with Crippen molar-refractivity contribution in [3.8, 4) is 22.6 Å². The van der Waals surface area contributed by atoms with Gasteiger partial charge in [0.1, 0.15) is 11.5 Å². The third-order valence-electron chi connectivity index (χ3n) is 3.78. The summed E-state index contributed by atoms with van der Waals surface area (Å²) in [6.45, 7) is 6.46. The fraction of sp³-hybridized carbons (Fsp3) is 0.333. The number of phenols is 2. The van der Waals surface area contributed by atoms with Crippen LogP contribution in [0.25, 0.3) is 11.1 Å². The molecule has 0 saturated heterocycles. The van der Waals surface area contributed by atoms with Crippen LogP contribution in [0.3, 0.4) is 0 Å². The maximum atomic E-state index is 9.69. The van der Waals surface area contributed by atoms with E-state index in [-0.39, 0.29) is 11.5 Å². The Morgan fingerprint density at radius 3 is 1.65 bits per heavy atom.